The van der Waals surface area contributed by atoms with E-state index in [4.69, 9.17) is 4.74 Å². The number of ether oxygens (including phenoxy) is 1. The van der Waals surface area contributed by atoms with E-state index in [1.54, 1.807) is 17.5 Å². The fourth-order valence-corrected chi connectivity index (χ4v) is 2.93. The largest absolute Gasteiger partial charge is 0.477 e. The lowest BCUT2D eigenvalue weighted by Gasteiger charge is -2.11. The second-order valence-corrected chi connectivity index (χ2v) is 6.64. The van der Waals surface area contributed by atoms with Crippen LogP contribution in [0.4, 0.5) is 0 Å². The monoisotopic (exact) mass is 361 g/mol. The van der Waals surface area contributed by atoms with Gasteiger partial charge >= 0.3 is 0 Å². The molecular formula is C18H27N5OS. The van der Waals surface area contributed by atoms with Crippen LogP contribution in [-0.4, -0.2) is 29.1 Å². The van der Waals surface area contributed by atoms with Crippen LogP contribution in [0.1, 0.15) is 42.6 Å². The molecule has 2 N–H and O–H groups in total. The highest BCUT2D eigenvalue weighted by Gasteiger charge is 2.06. The maximum absolute atomic E-state index is 5.69. The van der Waals surface area contributed by atoms with Crippen molar-refractivity contribution in [3.8, 4) is 5.88 Å². The van der Waals surface area contributed by atoms with Gasteiger partial charge in [-0.1, -0.05) is 19.9 Å². The summed E-state index contributed by atoms with van der Waals surface area (Å²) in [4.78, 5) is 14.7. The Morgan fingerprint density at radius 2 is 2.12 bits per heavy atom. The third kappa shape index (κ3) is 6.34. The second kappa shape index (κ2) is 10.7. The molecule has 0 unspecified atom stereocenters. The van der Waals surface area contributed by atoms with Crippen LogP contribution in [-0.2, 0) is 19.5 Å². The van der Waals surface area contributed by atoms with Crippen LogP contribution in [0, 0.1) is 0 Å². The van der Waals surface area contributed by atoms with Crippen molar-refractivity contribution in [1.82, 2.24) is 20.6 Å². The molecule has 2 aromatic heterocycles. The molecule has 0 aliphatic carbocycles. The summed E-state index contributed by atoms with van der Waals surface area (Å²) in [6.45, 7) is 8.92. The summed E-state index contributed by atoms with van der Waals surface area (Å²) in [6, 6.07) is 3.91. The van der Waals surface area contributed by atoms with E-state index in [9.17, 15) is 0 Å². The molecule has 136 valence electrons. The number of nitrogens with zero attached hydrogens (tertiary/aromatic N) is 3. The van der Waals surface area contributed by atoms with E-state index in [-0.39, 0.29) is 0 Å². The highest BCUT2D eigenvalue weighted by atomic mass is 32.1. The smallest absolute Gasteiger partial charge is 0.218 e. The SMILES string of the molecule is CCCOc1ncccc1CN=C(NCC)NCc1ncc(CC)s1. The normalized spacial score (nSPS) is 11.4. The summed E-state index contributed by atoms with van der Waals surface area (Å²) in [5, 5.41) is 7.66. The van der Waals surface area contributed by atoms with Gasteiger partial charge in [0.15, 0.2) is 5.96 Å². The van der Waals surface area contributed by atoms with E-state index in [0.717, 1.165) is 35.9 Å². The zero-order valence-electron chi connectivity index (χ0n) is 15.2. The first-order valence-electron chi connectivity index (χ1n) is 8.79. The van der Waals surface area contributed by atoms with E-state index >= 15 is 0 Å². The molecule has 0 atom stereocenters. The molecule has 2 aromatic rings. The Bertz CT molecular complexity index is 671. The number of aliphatic imine (C=N–C) groups is 1. The fraction of sp³-hybridized carbons (Fsp3) is 0.500. The van der Waals surface area contributed by atoms with E-state index in [0.29, 0.717) is 25.6 Å². The number of rotatable bonds is 9. The maximum Gasteiger partial charge on any atom is 0.218 e. The number of guanidine groups is 1. The minimum absolute atomic E-state index is 0.514. The zero-order valence-corrected chi connectivity index (χ0v) is 16.0. The molecule has 0 fully saturated rings. The number of aryl methyl sites for hydroxylation is 1. The van der Waals surface area contributed by atoms with Crippen molar-refractivity contribution in [3.05, 3.63) is 40.0 Å². The summed E-state index contributed by atoms with van der Waals surface area (Å²) in [5.74, 6) is 1.43. The fourth-order valence-electron chi connectivity index (χ4n) is 2.13. The van der Waals surface area contributed by atoms with Gasteiger partial charge in [-0.05, 0) is 25.8 Å². The van der Waals surface area contributed by atoms with Crippen LogP contribution >= 0.6 is 11.3 Å². The van der Waals surface area contributed by atoms with Crippen LogP contribution in [0.2, 0.25) is 0 Å². The van der Waals surface area contributed by atoms with Crippen molar-refractivity contribution >= 4 is 17.3 Å². The number of hydrogen-bond acceptors (Lipinski definition) is 5. The lowest BCUT2D eigenvalue weighted by atomic mass is 10.3. The first-order chi connectivity index (χ1) is 12.3. The number of nitrogens with one attached hydrogen (secondary N) is 2. The molecule has 0 aliphatic heterocycles. The minimum atomic E-state index is 0.514. The Balaban J connectivity index is 1.99. The van der Waals surface area contributed by atoms with Gasteiger partial charge in [0.1, 0.15) is 5.01 Å². The van der Waals surface area contributed by atoms with Crippen molar-refractivity contribution in [2.24, 2.45) is 4.99 Å². The quantitative estimate of drug-likeness (QED) is 0.530. The first kappa shape index (κ1) is 19.2. The van der Waals surface area contributed by atoms with Gasteiger partial charge in [-0.3, -0.25) is 0 Å². The predicted octanol–water partition coefficient (Wildman–Crippen LogP) is 3.14. The van der Waals surface area contributed by atoms with Gasteiger partial charge in [-0.25, -0.2) is 15.0 Å². The van der Waals surface area contributed by atoms with Crippen LogP contribution in [0.25, 0.3) is 0 Å². The van der Waals surface area contributed by atoms with E-state index < -0.39 is 0 Å². The van der Waals surface area contributed by atoms with Crippen LogP contribution < -0.4 is 15.4 Å². The molecule has 0 saturated heterocycles. The van der Waals surface area contributed by atoms with Gasteiger partial charge in [0, 0.05) is 29.4 Å². The molecule has 25 heavy (non-hydrogen) atoms. The highest BCUT2D eigenvalue weighted by Crippen LogP contribution is 2.16. The Kier molecular flexibility index (Phi) is 8.18. The van der Waals surface area contributed by atoms with Gasteiger partial charge in [-0.2, -0.15) is 0 Å². The molecule has 7 heteroatoms. The molecule has 0 spiro atoms. The van der Waals surface area contributed by atoms with Gasteiger partial charge in [0.25, 0.3) is 0 Å². The molecule has 0 saturated carbocycles. The van der Waals surface area contributed by atoms with Gasteiger partial charge in [-0.15, -0.1) is 11.3 Å². The zero-order chi connectivity index (χ0) is 17.9. The molecule has 2 heterocycles. The summed E-state index contributed by atoms with van der Waals surface area (Å²) >= 11 is 1.73. The summed E-state index contributed by atoms with van der Waals surface area (Å²) in [7, 11) is 0. The summed E-state index contributed by atoms with van der Waals surface area (Å²) in [6.07, 6.45) is 5.67. The third-order valence-corrected chi connectivity index (χ3v) is 4.54. The molecule has 2 rings (SSSR count). The first-order valence-corrected chi connectivity index (χ1v) is 9.60. The van der Waals surface area contributed by atoms with E-state index in [1.165, 1.54) is 4.88 Å². The summed E-state index contributed by atoms with van der Waals surface area (Å²) in [5.41, 5.74) is 0.982. The van der Waals surface area contributed by atoms with E-state index in [2.05, 4.69) is 46.4 Å². The van der Waals surface area contributed by atoms with Crippen molar-refractivity contribution in [1.29, 1.82) is 0 Å². The Morgan fingerprint density at radius 3 is 2.84 bits per heavy atom. The molecule has 0 radical (unpaired) electrons. The number of pyridine rings is 1. The predicted molar refractivity (Wildman–Crippen MR) is 103 cm³/mol. The Labute approximate surface area is 153 Å². The highest BCUT2D eigenvalue weighted by molar-refractivity contribution is 7.11. The minimum Gasteiger partial charge on any atom is -0.477 e. The lowest BCUT2D eigenvalue weighted by molar-refractivity contribution is 0.302. The standard InChI is InChI=1S/C18H27N5OS/c1-4-10-24-17-14(8-7-9-20-17)11-22-18(19-6-3)23-13-16-21-12-15(5-2)25-16/h7-9,12H,4-6,10-11,13H2,1-3H3,(H2,19,22,23). The molecule has 6 nitrogen and oxygen atoms in total. The Hall–Kier alpha value is -2.15. The average Bonchev–Trinajstić information content (AvgIpc) is 3.11. The number of aromatic nitrogens is 2. The molecule has 0 amide bonds. The molecule has 0 aliphatic rings. The van der Waals surface area contributed by atoms with E-state index in [1.807, 2.05) is 18.3 Å². The summed E-state index contributed by atoms with van der Waals surface area (Å²) < 4.78 is 5.69. The average molecular weight is 362 g/mol. The molecular weight excluding hydrogens is 334 g/mol. The van der Waals surface area contributed by atoms with Crippen molar-refractivity contribution in [3.63, 3.8) is 0 Å². The van der Waals surface area contributed by atoms with Gasteiger partial charge in [0.05, 0.1) is 19.7 Å². The number of hydrogen-bond donors (Lipinski definition) is 2. The van der Waals surface area contributed by atoms with Crippen LogP contribution in [0.15, 0.2) is 29.5 Å². The maximum atomic E-state index is 5.69. The van der Waals surface area contributed by atoms with Gasteiger partial charge in [0.2, 0.25) is 5.88 Å². The van der Waals surface area contributed by atoms with Crippen molar-refractivity contribution < 1.29 is 4.74 Å². The van der Waals surface area contributed by atoms with Crippen molar-refractivity contribution in [2.45, 2.75) is 46.7 Å². The van der Waals surface area contributed by atoms with Gasteiger partial charge < -0.3 is 15.4 Å². The Morgan fingerprint density at radius 1 is 1.24 bits per heavy atom. The topological polar surface area (TPSA) is 71.4 Å². The molecule has 0 aromatic carbocycles. The third-order valence-electron chi connectivity index (χ3n) is 3.40. The number of thiazole rings is 1. The molecule has 0 bridgehead atoms. The van der Waals surface area contributed by atoms with Crippen molar-refractivity contribution in [2.75, 3.05) is 13.2 Å². The second-order valence-electron chi connectivity index (χ2n) is 5.44. The lowest BCUT2D eigenvalue weighted by Crippen LogP contribution is -2.36. The van der Waals surface area contributed by atoms with Crippen LogP contribution in [0.3, 0.4) is 0 Å². The van der Waals surface area contributed by atoms with Crippen LogP contribution in [0.5, 0.6) is 5.88 Å².